The molecule has 0 radical (unpaired) electrons. The van der Waals surface area contributed by atoms with Crippen molar-refractivity contribution in [3.8, 4) is 5.75 Å². The van der Waals surface area contributed by atoms with E-state index in [0.717, 1.165) is 0 Å². The van der Waals surface area contributed by atoms with Crippen molar-refractivity contribution in [3.05, 3.63) is 26.5 Å². The van der Waals surface area contributed by atoms with Crippen molar-refractivity contribution in [3.63, 3.8) is 0 Å². The highest BCUT2D eigenvalue weighted by Crippen LogP contribution is 2.31. The fourth-order valence-electron chi connectivity index (χ4n) is 0.759. The predicted molar refractivity (Wildman–Crippen MR) is 56.6 cm³/mol. The molecule has 1 aromatic rings. The number of methoxy groups -OCH3 is 1. The molecule has 0 aromatic heterocycles. The minimum absolute atomic E-state index is 0.0547. The highest BCUT2D eigenvalue weighted by atomic mass is 127. The summed E-state index contributed by atoms with van der Waals surface area (Å²) in [7, 11) is 1.49. The number of hydrogen-bond acceptors (Lipinski definition) is 2. The van der Waals surface area contributed by atoms with Crippen LogP contribution in [0, 0.1) is 9.39 Å². The lowest BCUT2D eigenvalue weighted by atomic mass is 10.3. The zero-order valence-electron chi connectivity index (χ0n) is 6.81. The molecule has 72 valence electrons. The summed E-state index contributed by atoms with van der Waals surface area (Å²) in [6.45, 7) is 0.0547. The van der Waals surface area contributed by atoms with Crippen molar-refractivity contribution < 1.29 is 13.9 Å². The maximum Gasteiger partial charge on any atom is 0.188 e. The molecule has 0 bridgehead atoms. The van der Waals surface area contributed by atoms with Crippen LogP contribution in [0.5, 0.6) is 5.75 Å². The maximum absolute atomic E-state index is 13.0. The van der Waals surface area contributed by atoms with Crippen LogP contribution in [0.25, 0.3) is 0 Å². The number of hydrogen-bond donors (Lipinski definition) is 0. The van der Waals surface area contributed by atoms with Gasteiger partial charge in [0.2, 0.25) is 0 Å². The van der Waals surface area contributed by atoms with Gasteiger partial charge < -0.3 is 9.47 Å². The van der Waals surface area contributed by atoms with Crippen LogP contribution in [0.1, 0.15) is 0 Å². The minimum atomic E-state index is -0.351. The van der Waals surface area contributed by atoms with Gasteiger partial charge in [-0.25, -0.2) is 4.39 Å². The lowest BCUT2D eigenvalue weighted by Gasteiger charge is -2.08. The second-order valence-electron chi connectivity index (χ2n) is 2.22. The Morgan fingerprint density at radius 1 is 1.54 bits per heavy atom. The second-order valence-corrected chi connectivity index (χ2v) is 3.71. The van der Waals surface area contributed by atoms with Crippen molar-refractivity contribution in [2.45, 2.75) is 0 Å². The first-order valence-electron chi connectivity index (χ1n) is 3.42. The van der Waals surface area contributed by atoms with Crippen molar-refractivity contribution in [1.29, 1.82) is 0 Å². The summed E-state index contributed by atoms with van der Waals surface area (Å²) in [5.41, 5.74) is 0. The molecule has 0 N–H and O–H groups in total. The average molecular weight is 316 g/mol. The van der Waals surface area contributed by atoms with E-state index in [1.54, 1.807) is 0 Å². The van der Waals surface area contributed by atoms with Crippen LogP contribution in [0.4, 0.5) is 4.39 Å². The van der Waals surface area contributed by atoms with Crippen molar-refractivity contribution >= 4 is 34.2 Å². The summed E-state index contributed by atoms with van der Waals surface area (Å²) < 4.78 is 23.1. The summed E-state index contributed by atoms with van der Waals surface area (Å²) >= 11 is 7.62. The van der Waals surface area contributed by atoms with Crippen LogP contribution >= 0.6 is 34.2 Å². The molecule has 2 nitrogen and oxygen atoms in total. The van der Waals surface area contributed by atoms with E-state index in [1.165, 1.54) is 19.2 Å². The maximum atomic E-state index is 13.0. The Labute approximate surface area is 94.1 Å². The summed E-state index contributed by atoms with van der Waals surface area (Å²) in [6, 6.07) is 2.74. The lowest BCUT2D eigenvalue weighted by Crippen LogP contribution is -2.01. The molecular weight excluding hydrogens is 309 g/mol. The van der Waals surface area contributed by atoms with Gasteiger partial charge in [-0.2, -0.15) is 0 Å². The van der Waals surface area contributed by atoms with E-state index < -0.39 is 0 Å². The van der Waals surface area contributed by atoms with E-state index in [4.69, 9.17) is 16.3 Å². The van der Waals surface area contributed by atoms with Gasteiger partial charge in [0.15, 0.2) is 12.5 Å². The molecule has 1 aromatic carbocycles. The fourth-order valence-corrected chi connectivity index (χ4v) is 1.76. The Morgan fingerprint density at radius 2 is 2.23 bits per heavy atom. The molecule has 0 saturated carbocycles. The molecule has 0 fully saturated rings. The van der Waals surface area contributed by atoms with Gasteiger partial charge in [-0.3, -0.25) is 0 Å². The molecule has 0 aliphatic heterocycles. The quantitative estimate of drug-likeness (QED) is 0.485. The first kappa shape index (κ1) is 11.0. The van der Waals surface area contributed by atoms with Gasteiger partial charge in [0.05, 0.1) is 8.59 Å². The fraction of sp³-hybridized carbons (Fsp3) is 0.250. The Balaban J connectivity index is 2.96. The molecule has 0 spiro atoms. The average Bonchev–Trinajstić information content (AvgIpc) is 2.12. The zero-order valence-corrected chi connectivity index (χ0v) is 9.73. The van der Waals surface area contributed by atoms with E-state index in [2.05, 4.69) is 4.74 Å². The monoisotopic (exact) mass is 316 g/mol. The summed E-state index contributed by atoms with van der Waals surface area (Å²) in [4.78, 5) is 0. The smallest absolute Gasteiger partial charge is 0.188 e. The van der Waals surface area contributed by atoms with E-state index >= 15 is 0 Å². The second kappa shape index (κ2) is 4.97. The van der Waals surface area contributed by atoms with Gasteiger partial charge in [-0.15, -0.1) is 0 Å². The molecule has 13 heavy (non-hydrogen) atoms. The zero-order chi connectivity index (χ0) is 9.84. The van der Waals surface area contributed by atoms with Gasteiger partial charge in [0.25, 0.3) is 0 Å². The third-order valence-electron chi connectivity index (χ3n) is 1.32. The van der Waals surface area contributed by atoms with Crippen LogP contribution in [-0.4, -0.2) is 13.9 Å². The van der Waals surface area contributed by atoms with Gasteiger partial charge in [0, 0.05) is 7.11 Å². The highest BCUT2D eigenvalue weighted by molar-refractivity contribution is 14.1. The molecule has 5 heteroatoms. The van der Waals surface area contributed by atoms with Crippen LogP contribution in [0.3, 0.4) is 0 Å². The normalized spacial score (nSPS) is 10.2. The molecular formula is C8H7ClFIO2. The van der Waals surface area contributed by atoms with E-state index in [0.29, 0.717) is 14.3 Å². The van der Waals surface area contributed by atoms with Gasteiger partial charge in [0.1, 0.15) is 5.82 Å². The Morgan fingerprint density at radius 3 is 2.85 bits per heavy atom. The largest absolute Gasteiger partial charge is 0.465 e. The van der Waals surface area contributed by atoms with E-state index in [9.17, 15) is 4.39 Å². The van der Waals surface area contributed by atoms with E-state index in [1.807, 2.05) is 22.6 Å². The van der Waals surface area contributed by atoms with Crippen LogP contribution in [-0.2, 0) is 4.74 Å². The third-order valence-corrected chi connectivity index (χ3v) is 2.63. The number of benzene rings is 1. The number of halogens is 3. The lowest BCUT2D eigenvalue weighted by molar-refractivity contribution is 0.0503. The molecule has 1 rings (SSSR count). The van der Waals surface area contributed by atoms with Gasteiger partial charge in [-0.05, 0) is 34.7 Å². The Hall–Kier alpha value is -0.0700. The van der Waals surface area contributed by atoms with Gasteiger partial charge in [-0.1, -0.05) is 11.6 Å². The predicted octanol–water partition coefficient (Wildman–Crippen LogP) is 3.07. The number of ether oxygens (including phenoxy) is 2. The molecule has 0 aliphatic rings. The molecule has 0 unspecified atom stereocenters. The first-order valence-corrected chi connectivity index (χ1v) is 4.87. The Bertz CT molecular complexity index is 306. The van der Waals surface area contributed by atoms with Crippen LogP contribution in [0.15, 0.2) is 12.1 Å². The summed E-state index contributed by atoms with van der Waals surface area (Å²) in [5.74, 6) is -0.0276. The SMILES string of the molecule is COCOc1c(Cl)ccc(F)c1I. The van der Waals surface area contributed by atoms with Gasteiger partial charge >= 0.3 is 0 Å². The Kier molecular flexibility index (Phi) is 4.21. The van der Waals surface area contributed by atoms with Crippen molar-refractivity contribution in [2.75, 3.05) is 13.9 Å². The summed E-state index contributed by atoms with van der Waals surface area (Å²) in [6.07, 6.45) is 0. The molecule has 0 saturated heterocycles. The standard InChI is InChI=1S/C8H7ClFIO2/c1-12-4-13-8-5(9)2-3-6(10)7(8)11/h2-3H,4H2,1H3. The minimum Gasteiger partial charge on any atom is -0.465 e. The summed E-state index contributed by atoms with van der Waals surface area (Å²) in [5, 5.41) is 0.378. The first-order chi connectivity index (χ1) is 6.16. The number of rotatable bonds is 3. The highest BCUT2D eigenvalue weighted by Gasteiger charge is 2.10. The third kappa shape index (κ3) is 2.69. The van der Waals surface area contributed by atoms with Crippen LogP contribution in [0.2, 0.25) is 5.02 Å². The van der Waals surface area contributed by atoms with E-state index in [-0.39, 0.29) is 12.6 Å². The van der Waals surface area contributed by atoms with Crippen molar-refractivity contribution in [1.82, 2.24) is 0 Å². The topological polar surface area (TPSA) is 18.5 Å². The van der Waals surface area contributed by atoms with Crippen molar-refractivity contribution in [2.24, 2.45) is 0 Å². The molecule has 0 heterocycles. The molecule has 0 aliphatic carbocycles. The molecule has 0 atom stereocenters. The molecule has 0 amide bonds. The van der Waals surface area contributed by atoms with Crippen LogP contribution < -0.4 is 4.74 Å².